The Balaban J connectivity index is 1.53. The second-order valence-corrected chi connectivity index (χ2v) is 14.7. The van der Waals surface area contributed by atoms with Crippen molar-refractivity contribution >= 4 is 29.8 Å². The molecule has 1 aromatic heterocycles. The molecule has 52 heavy (non-hydrogen) atoms. The summed E-state index contributed by atoms with van der Waals surface area (Å²) >= 11 is 0. The van der Waals surface area contributed by atoms with E-state index in [-0.39, 0.29) is 36.9 Å². The number of carboxylic acid groups (broad SMARTS) is 1. The summed E-state index contributed by atoms with van der Waals surface area (Å²) in [4.78, 5) is 72.2. The fraction of sp³-hybridized carbons (Fsp3) is 0.595. The van der Waals surface area contributed by atoms with Gasteiger partial charge in [-0.05, 0) is 84.6 Å². The van der Waals surface area contributed by atoms with Crippen LogP contribution in [0.3, 0.4) is 0 Å². The molecule has 3 N–H and O–H groups in total. The van der Waals surface area contributed by atoms with Gasteiger partial charge >= 0.3 is 12.1 Å². The molecule has 5 rings (SSSR count). The molecule has 3 aliphatic rings. The molecule has 2 aromatic rings. The summed E-state index contributed by atoms with van der Waals surface area (Å²) < 4.78 is 10.8. The Morgan fingerprint density at radius 3 is 2.42 bits per heavy atom. The van der Waals surface area contributed by atoms with Crippen molar-refractivity contribution in [2.45, 2.75) is 109 Å². The van der Waals surface area contributed by atoms with Crippen LogP contribution >= 0.6 is 0 Å². The maximum absolute atomic E-state index is 14.4. The van der Waals surface area contributed by atoms with Crippen LogP contribution in [0.25, 0.3) is 11.3 Å². The lowest BCUT2D eigenvalue weighted by atomic mass is 10.0. The first-order valence-electron chi connectivity index (χ1n) is 18.1. The summed E-state index contributed by atoms with van der Waals surface area (Å²) in [7, 11) is 1.56. The van der Waals surface area contributed by atoms with Crippen LogP contribution in [0.2, 0.25) is 0 Å². The maximum Gasteiger partial charge on any atom is 0.408 e. The molecular weight excluding hydrogens is 670 g/mol. The summed E-state index contributed by atoms with van der Waals surface area (Å²) in [5, 5.41) is 25.2. The smallest absolute Gasteiger partial charge is 0.408 e. The number of ether oxygens (including phenoxy) is 2. The molecule has 2 aliphatic heterocycles. The average molecular weight is 722 g/mol. The Kier molecular flexibility index (Phi) is 11.6. The Hall–Kier alpha value is -4.95. The average Bonchev–Trinajstić information content (AvgIpc) is 3.40. The van der Waals surface area contributed by atoms with Crippen molar-refractivity contribution in [3.8, 4) is 17.0 Å². The number of fused-ring (bicyclic) bond motifs is 2. The van der Waals surface area contributed by atoms with Crippen LogP contribution in [0.4, 0.5) is 4.79 Å². The molecule has 1 aliphatic carbocycles. The molecule has 0 bridgehead atoms. The number of amides is 4. The Bertz CT molecular complexity index is 1680. The number of nitrogens with zero attached hydrogens (tertiary/aromatic N) is 5. The molecule has 4 amide bonds. The van der Waals surface area contributed by atoms with Crippen molar-refractivity contribution in [2.75, 3.05) is 26.7 Å². The van der Waals surface area contributed by atoms with E-state index in [0.29, 0.717) is 42.9 Å². The number of aliphatic carboxylic acids is 1. The lowest BCUT2D eigenvalue weighted by Gasteiger charge is -2.30. The van der Waals surface area contributed by atoms with E-state index in [0.717, 1.165) is 19.3 Å². The van der Waals surface area contributed by atoms with Crippen molar-refractivity contribution in [1.29, 1.82) is 0 Å². The molecule has 1 saturated carbocycles. The number of carboxylic acids is 1. The van der Waals surface area contributed by atoms with Crippen LogP contribution in [0.15, 0.2) is 36.4 Å². The zero-order valence-corrected chi connectivity index (χ0v) is 30.9. The van der Waals surface area contributed by atoms with Gasteiger partial charge in [-0.1, -0.05) is 25.0 Å². The van der Waals surface area contributed by atoms with Gasteiger partial charge in [0.1, 0.15) is 34.7 Å². The predicted octanol–water partition coefficient (Wildman–Crippen LogP) is 3.95. The number of hydrogen-bond acceptors (Lipinski definition) is 9. The number of benzene rings is 1. The van der Waals surface area contributed by atoms with Gasteiger partial charge in [-0.2, -0.15) is 9.90 Å². The monoisotopic (exact) mass is 721 g/mol. The maximum atomic E-state index is 14.4. The highest BCUT2D eigenvalue weighted by Gasteiger charge is 2.61. The van der Waals surface area contributed by atoms with Crippen LogP contribution in [-0.4, -0.2) is 110 Å². The molecule has 15 heteroatoms. The number of methoxy groups -OCH3 is 1. The fourth-order valence-electron chi connectivity index (χ4n) is 6.93. The number of hydrogen-bond donors (Lipinski definition) is 3. The second-order valence-electron chi connectivity index (χ2n) is 14.7. The molecule has 15 nitrogen and oxygen atoms in total. The van der Waals surface area contributed by atoms with Gasteiger partial charge in [0.2, 0.25) is 11.8 Å². The minimum absolute atomic E-state index is 0.0253. The quantitative estimate of drug-likeness (QED) is 0.337. The van der Waals surface area contributed by atoms with Crippen LogP contribution in [0, 0.1) is 5.92 Å². The Morgan fingerprint density at radius 1 is 1.08 bits per heavy atom. The highest BCUT2D eigenvalue weighted by Crippen LogP contribution is 2.45. The molecule has 282 valence electrons. The zero-order chi connectivity index (χ0) is 37.8. The zero-order valence-electron chi connectivity index (χ0n) is 30.9. The van der Waals surface area contributed by atoms with E-state index in [1.54, 1.807) is 57.0 Å². The standard InChI is InChI=1S/C37H51N7O8/c1-7-42(8-2)33(47)30-29(23-16-18-26(51-6)19-17-23)40-44(41-30)25-20-28-31(45)39-37(34(48)49)21-24(37)14-12-10-9-11-13-15-27(32(46)43(28)22-25)38-35(50)52-36(3,4)5/h12,14,16-19,24-25,27-28H,7-11,13,15,20-22H2,1-6H3,(H,38,50)(H,39,45)(H,48,49)/t24-,25+,27-,28+,37+/m1/s1. The van der Waals surface area contributed by atoms with Crippen LogP contribution in [0.5, 0.6) is 5.75 Å². The van der Waals surface area contributed by atoms with Crippen molar-refractivity contribution in [1.82, 2.24) is 35.4 Å². The van der Waals surface area contributed by atoms with Crippen molar-refractivity contribution < 1.29 is 38.6 Å². The van der Waals surface area contributed by atoms with E-state index in [4.69, 9.17) is 14.6 Å². The number of carbonyl (C=O) groups excluding carboxylic acids is 4. The van der Waals surface area contributed by atoms with E-state index in [1.165, 1.54) is 9.70 Å². The third-order valence-electron chi connectivity index (χ3n) is 9.90. The predicted molar refractivity (Wildman–Crippen MR) is 190 cm³/mol. The summed E-state index contributed by atoms with van der Waals surface area (Å²) in [6.07, 6.45) is 6.57. The molecular formula is C37H51N7O8. The SMILES string of the molecule is CCN(CC)C(=O)c1nn([C@H]2C[C@H]3C(=O)N[C@@]4(C(=O)O)C[C@H]4C=CCCCCC[C@@H](NC(=O)OC(C)(C)C)C(=O)N3C2)nc1-c1ccc(OC)cc1. The lowest BCUT2D eigenvalue weighted by Crippen LogP contribution is -2.56. The number of carbonyl (C=O) groups is 5. The highest BCUT2D eigenvalue weighted by molar-refractivity contribution is 5.98. The largest absolute Gasteiger partial charge is 0.497 e. The molecule has 2 fully saturated rings. The summed E-state index contributed by atoms with van der Waals surface area (Å²) in [6, 6.07) is 4.29. The van der Waals surface area contributed by atoms with Gasteiger partial charge in [-0.15, -0.1) is 5.10 Å². The van der Waals surface area contributed by atoms with Crippen LogP contribution in [0.1, 0.15) is 96.1 Å². The van der Waals surface area contributed by atoms with Crippen molar-refractivity contribution in [3.05, 3.63) is 42.1 Å². The number of rotatable bonds is 8. The normalized spacial score (nSPS) is 25.2. The summed E-state index contributed by atoms with van der Waals surface area (Å²) in [5.41, 5.74) is -1.20. The van der Waals surface area contributed by atoms with E-state index in [9.17, 15) is 29.1 Å². The molecule has 3 heterocycles. The van der Waals surface area contributed by atoms with Gasteiger partial charge in [0.15, 0.2) is 5.69 Å². The van der Waals surface area contributed by atoms with E-state index in [2.05, 4.69) is 15.7 Å². The van der Waals surface area contributed by atoms with Gasteiger partial charge in [0.05, 0.1) is 13.2 Å². The summed E-state index contributed by atoms with van der Waals surface area (Å²) in [5.74, 6) is -2.34. The van der Waals surface area contributed by atoms with E-state index >= 15 is 0 Å². The lowest BCUT2D eigenvalue weighted by molar-refractivity contribution is -0.145. The minimum atomic E-state index is -1.48. The van der Waals surface area contributed by atoms with Gasteiger partial charge in [0.25, 0.3) is 5.91 Å². The number of alkyl carbamates (subject to hydrolysis) is 1. The van der Waals surface area contributed by atoms with Crippen LogP contribution in [-0.2, 0) is 19.1 Å². The topological polar surface area (TPSA) is 185 Å². The van der Waals surface area contributed by atoms with Gasteiger partial charge in [-0.3, -0.25) is 14.4 Å². The first-order chi connectivity index (χ1) is 24.7. The van der Waals surface area contributed by atoms with Crippen molar-refractivity contribution in [2.24, 2.45) is 5.92 Å². The number of nitrogens with one attached hydrogen (secondary N) is 2. The Labute approximate surface area is 304 Å². The highest BCUT2D eigenvalue weighted by atomic mass is 16.6. The van der Waals surface area contributed by atoms with Crippen LogP contribution < -0.4 is 15.4 Å². The van der Waals surface area contributed by atoms with E-state index in [1.807, 2.05) is 26.0 Å². The molecule has 0 unspecified atom stereocenters. The molecule has 1 saturated heterocycles. The van der Waals surface area contributed by atoms with Gasteiger partial charge in [-0.25, -0.2) is 9.59 Å². The molecule has 0 radical (unpaired) electrons. The second kappa shape index (κ2) is 15.7. The summed E-state index contributed by atoms with van der Waals surface area (Å²) in [6.45, 7) is 9.80. The third kappa shape index (κ3) is 8.39. The molecule has 5 atom stereocenters. The van der Waals surface area contributed by atoms with Gasteiger partial charge in [0, 0.05) is 37.5 Å². The first kappa shape index (κ1) is 38.3. The van der Waals surface area contributed by atoms with E-state index < -0.39 is 53.1 Å². The van der Waals surface area contributed by atoms with Crippen molar-refractivity contribution in [3.63, 3.8) is 0 Å². The first-order valence-corrected chi connectivity index (χ1v) is 18.1. The number of aromatic nitrogens is 3. The molecule has 0 spiro atoms. The Morgan fingerprint density at radius 2 is 1.79 bits per heavy atom. The number of allylic oxidation sites excluding steroid dienone is 1. The fourth-order valence-corrected chi connectivity index (χ4v) is 6.93. The third-order valence-corrected chi connectivity index (χ3v) is 9.90. The van der Waals surface area contributed by atoms with Gasteiger partial charge < -0.3 is 35.0 Å². The molecule has 1 aromatic carbocycles. The minimum Gasteiger partial charge on any atom is -0.497 e.